The molecule has 0 unspecified atom stereocenters. The summed E-state index contributed by atoms with van der Waals surface area (Å²) in [5, 5.41) is 10.5. The van der Waals surface area contributed by atoms with Gasteiger partial charge in [0.05, 0.1) is 18.6 Å². The van der Waals surface area contributed by atoms with Gasteiger partial charge in [-0.15, -0.1) is 0 Å². The van der Waals surface area contributed by atoms with Crippen LogP contribution in [0, 0.1) is 0 Å². The van der Waals surface area contributed by atoms with Crippen LogP contribution < -0.4 is 40.4 Å². The molecule has 1 aliphatic heterocycles. The van der Waals surface area contributed by atoms with Gasteiger partial charge in [-0.2, -0.15) is 0 Å². The summed E-state index contributed by atoms with van der Waals surface area (Å²) in [6.07, 6.45) is 1.19. The van der Waals surface area contributed by atoms with Gasteiger partial charge in [0.15, 0.2) is 0 Å². The maximum absolute atomic E-state index is 11.0. The molecule has 1 saturated heterocycles. The number of aliphatic carboxylic acids is 1. The maximum Gasteiger partial charge on any atom is 1.00 e. The first kappa shape index (κ1) is 12.9. The molecular weight excluding hydrogens is 183 g/mol. The summed E-state index contributed by atoms with van der Waals surface area (Å²) < 4.78 is 0. The van der Waals surface area contributed by atoms with E-state index in [9.17, 15) is 14.7 Å². The first-order valence-corrected chi connectivity index (χ1v) is 3.87. The standard InChI is InChI=1S/C7H12N2O3.Na/c8-4-6(10)9-3-1-2-5(9)7(11)12;/h5H,1-4,8H2,(H,11,12);/q;+1/p-1/t5-;/m0./s1. The molecule has 13 heavy (non-hydrogen) atoms. The van der Waals surface area contributed by atoms with Gasteiger partial charge in [-0.3, -0.25) is 4.79 Å². The number of carbonyl (C=O) groups is 2. The summed E-state index contributed by atoms with van der Waals surface area (Å²) >= 11 is 0. The Morgan fingerprint density at radius 3 is 2.62 bits per heavy atom. The van der Waals surface area contributed by atoms with Gasteiger partial charge in [0.25, 0.3) is 0 Å². The fraction of sp³-hybridized carbons (Fsp3) is 0.714. The van der Waals surface area contributed by atoms with E-state index in [-0.39, 0.29) is 42.0 Å². The Bertz CT molecular complexity index is 210. The Hall–Kier alpha value is -0.100. The summed E-state index contributed by atoms with van der Waals surface area (Å²) in [4.78, 5) is 22.8. The molecule has 5 nitrogen and oxygen atoms in total. The van der Waals surface area contributed by atoms with E-state index in [2.05, 4.69) is 0 Å². The van der Waals surface area contributed by atoms with E-state index in [1.807, 2.05) is 0 Å². The average Bonchev–Trinajstić information content (AvgIpc) is 2.50. The van der Waals surface area contributed by atoms with Gasteiger partial charge in [-0.1, -0.05) is 0 Å². The van der Waals surface area contributed by atoms with Crippen LogP contribution >= 0.6 is 0 Å². The molecule has 2 N–H and O–H groups in total. The number of nitrogens with zero attached hydrogens (tertiary/aromatic N) is 1. The Morgan fingerprint density at radius 1 is 1.54 bits per heavy atom. The number of hydrogen-bond donors (Lipinski definition) is 1. The molecule has 1 atom stereocenters. The summed E-state index contributed by atoms with van der Waals surface area (Å²) in [6.45, 7) is 0.346. The zero-order valence-electron chi connectivity index (χ0n) is 7.66. The number of rotatable bonds is 2. The predicted octanol–water partition coefficient (Wildman–Crippen LogP) is -5.31. The smallest absolute Gasteiger partial charge is 0.548 e. The van der Waals surface area contributed by atoms with Crippen molar-refractivity contribution in [1.82, 2.24) is 4.90 Å². The minimum absolute atomic E-state index is 0. The second kappa shape index (κ2) is 5.59. The van der Waals surface area contributed by atoms with Gasteiger partial charge in [0.1, 0.15) is 0 Å². The van der Waals surface area contributed by atoms with Crippen molar-refractivity contribution in [2.45, 2.75) is 18.9 Å². The second-order valence-corrected chi connectivity index (χ2v) is 2.77. The minimum Gasteiger partial charge on any atom is -0.548 e. The van der Waals surface area contributed by atoms with Crippen molar-refractivity contribution in [3.05, 3.63) is 0 Å². The summed E-state index contributed by atoms with van der Waals surface area (Å²) in [7, 11) is 0. The number of carboxylic acids is 1. The fourth-order valence-corrected chi connectivity index (χ4v) is 1.43. The summed E-state index contributed by atoms with van der Waals surface area (Å²) in [6, 6.07) is -0.763. The zero-order chi connectivity index (χ0) is 9.14. The molecule has 0 spiro atoms. The number of likely N-dealkylation sites (tertiary alicyclic amines) is 1. The van der Waals surface area contributed by atoms with Crippen molar-refractivity contribution in [2.75, 3.05) is 13.1 Å². The van der Waals surface area contributed by atoms with E-state index in [4.69, 9.17) is 5.73 Å². The van der Waals surface area contributed by atoms with Gasteiger partial charge in [-0.05, 0) is 12.8 Å². The van der Waals surface area contributed by atoms with Crippen molar-refractivity contribution in [2.24, 2.45) is 5.73 Å². The molecule has 1 heterocycles. The first-order valence-electron chi connectivity index (χ1n) is 3.87. The molecule has 0 radical (unpaired) electrons. The number of carbonyl (C=O) groups excluding carboxylic acids is 2. The molecule has 0 aromatic heterocycles. The molecule has 1 amide bonds. The van der Waals surface area contributed by atoms with Crippen LogP contribution in [0.5, 0.6) is 0 Å². The van der Waals surface area contributed by atoms with Crippen LogP contribution in [0.2, 0.25) is 0 Å². The molecule has 0 bridgehead atoms. The van der Waals surface area contributed by atoms with Crippen molar-refractivity contribution >= 4 is 11.9 Å². The van der Waals surface area contributed by atoms with Crippen molar-refractivity contribution in [3.8, 4) is 0 Å². The largest absolute Gasteiger partial charge is 1.00 e. The third-order valence-corrected chi connectivity index (χ3v) is 2.02. The molecular formula is C7H11N2NaO3. The Kier molecular flexibility index (Phi) is 5.55. The first-order chi connectivity index (χ1) is 5.66. The number of carboxylic acid groups (broad SMARTS) is 1. The van der Waals surface area contributed by atoms with E-state index >= 15 is 0 Å². The van der Waals surface area contributed by atoms with Crippen LogP contribution in [0.1, 0.15) is 12.8 Å². The van der Waals surface area contributed by atoms with E-state index in [0.717, 1.165) is 0 Å². The summed E-state index contributed by atoms with van der Waals surface area (Å²) in [5.74, 6) is -1.50. The van der Waals surface area contributed by atoms with Crippen LogP contribution in [-0.4, -0.2) is 35.9 Å². The Balaban J connectivity index is 0.00000144. The molecule has 0 aromatic rings. The topological polar surface area (TPSA) is 86.5 Å². The van der Waals surface area contributed by atoms with E-state index in [1.165, 1.54) is 4.90 Å². The van der Waals surface area contributed by atoms with E-state index in [0.29, 0.717) is 19.4 Å². The molecule has 1 rings (SSSR count). The third kappa shape index (κ3) is 2.95. The molecule has 1 aliphatic rings. The van der Waals surface area contributed by atoms with Crippen molar-refractivity contribution in [3.63, 3.8) is 0 Å². The summed E-state index contributed by atoms with van der Waals surface area (Å²) in [5.41, 5.74) is 5.11. The third-order valence-electron chi connectivity index (χ3n) is 2.02. The molecule has 0 aliphatic carbocycles. The predicted molar refractivity (Wildman–Crippen MR) is 38.8 cm³/mol. The molecule has 6 heteroatoms. The molecule has 0 aromatic carbocycles. The van der Waals surface area contributed by atoms with Gasteiger partial charge >= 0.3 is 29.6 Å². The average molecular weight is 194 g/mol. The van der Waals surface area contributed by atoms with Crippen LogP contribution in [0.3, 0.4) is 0 Å². The minimum atomic E-state index is -1.19. The van der Waals surface area contributed by atoms with Crippen molar-refractivity contribution in [1.29, 1.82) is 0 Å². The van der Waals surface area contributed by atoms with Crippen molar-refractivity contribution < 1.29 is 44.3 Å². The number of nitrogens with two attached hydrogens (primary N) is 1. The molecule has 68 valence electrons. The Morgan fingerprint density at radius 2 is 2.15 bits per heavy atom. The maximum atomic E-state index is 11.0. The SMILES string of the molecule is NCC(=O)N1CCC[C@H]1C(=O)[O-].[Na+]. The molecule has 1 fully saturated rings. The van der Waals surface area contributed by atoms with E-state index in [1.54, 1.807) is 0 Å². The zero-order valence-corrected chi connectivity index (χ0v) is 9.66. The van der Waals surface area contributed by atoms with Gasteiger partial charge in [-0.25, -0.2) is 0 Å². The Labute approximate surface area is 98.6 Å². The van der Waals surface area contributed by atoms with E-state index < -0.39 is 12.0 Å². The van der Waals surface area contributed by atoms with Crippen LogP contribution in [-0.2, 0) is 9.59 Å². The quantitative estimate of drug-likeness (QED) is 0.445. The monoisotopic (exact) mass is 194 g/mol. The second-order valence-electron chi connectivity index (χ2n) is 2.77. The van der Waals surface area contributed by atoms with Gasteiger partial charge in [0.2, 0.25) is 5.91 Å². The number of hydrogen-bond acceptors (Lipinski definition) is 4. The van der Waals surface area contributed by atoms with Crippen LogP contribution in [0.4, 0.5) is 0 Å². The normalized spacial score (nSPS) is 21.0. The van der Waals surface area contributed by atoms with Gasteiger partial charge in [0, 0.05) is 6.54 Å². The van der Waals surface area contributed by atoms with Gasteiger partial charge < -0.3 is 20.5 Å². The van der Waals surface area contributed by atoms with Crippen LogP contribution in [0.25, 0.3) is 0 Å². The van der Waals surface area contributed by atoms with Crippen LogP contribution in [0.15, 0.2) is 0 Å². The number of amides is 1. The molecule has 0 saturated carbocycles. The fourth-order valence-electron chi connectivity index (χ4n) is 1.43.